The van der Waals surface area contributed by atoms with Crippen molar-refractivity contribution in [3.8, 4) is 0 Å². The van der Waals surface area contributed by atoms with Gasteiger partial charge in [0.1, 0.15) is 11.7 Å². The summed E-state index contributed by atoms with van der Waals surface area (Å²) in [6.07, 6.45) is 0. The van der Waals surface area contributed by atoms with Crippen LogP contribution in [0.1, 0.15) is 0 Å². The minimum atomic E-state index is -0.307. The van der Waals surface area contributed by atoms with Crippen molar-refractivity contribution in [2.75, 3.05) is 11.2 Å². The molecule has 0 saturated carbocycles. The number of carbonyl (C=O) groups is 1. The standard InChI is InChI=1S/C12H9ClFNO/c13-7-12(16)15-11-6-5-10(14)8-3-1-2-4-9(8)11/h1-6H,7H2,(H,15,16). The molecule has 0 radical (unpaired) electrons. The van der Waals surface area contributed by atoms with Crippen molar-refractivity contribution < 1.29 is 9.18 Å². The first-order valence-corrected chi connectivity index (χ1v) is 5.29. The molecule has 1 amide bonds. The maximum atomic E-state index is 13.4. The van der Waals surface area contributed by atoms with Gasteiger partial charge in [0.2, 0.25) is 5.91 Å². The van der Waals surface area contributed by atoms with E-state index in [1.54, 1.807) is 24.3 Å². The molecule has 2 rings (SSSR count). The third-order valence-corrected chi connectivity index (χ3v) is 2.51. The summed E-state index contributed by atoms with van der Waals surface area (Å²) >= 11 is 5.40. The van der Waals surface area contributed by atoms with Gasteiger partial charge in [-0.2, -0.15) is 0 Å². The number of anilines is 1. The zero-order chi connectivity index (χ0) is 11.5. The molecule has 0 aliphatic heterocycles. The van der Waals surface area contributed by atoms with Crippen molar-refractivity contribution in [3.63, 3.8) is 0 Å². The van der Waals surface area contributed by atoms with Crippen molar-refractivity contribution in [1.82, 2.24) is 0 Å². The average molecular weight is 238 g/mol. The molecule has 2 aromatic carbocycles. The number of halogens is 2. The van der Waals surface area contributed by atoms with Gasteiger partial charge in [-0.3, -0.25) is 4.79 Å². The fourth-order valence-corrected chi connectivity index (χ4v) is 1.62. The Hall–Kier alpha value is -1.61. The molecule has 0 heterocycles. The molecular formula is C12H9ClFNO. The molecule has 0 saturated heterocycles. The topological polar surface area (TPSA) is 29.1 Å². The summed E-state index contributed by atoms with van der Waals surface area (Å²) in [5.74, 6) is -0.732. The third kappa shape index (κ3) is 1.99. The third-order valence-electron chi connectivity index (χ3n) is 2.27. The van der Waals surface area contributed by atoms with Gasteiger partial charge < -0.3 is 5.32 Å². The Kier molecular flexibility index (Phi) is 3.06. The highest BCUT2D eigenvalue weighted by Crippen LogP contribution is 2.25. The maximum Gasteiger partial charge on any atom is 0.239 e. The van der Waals surface area contributed by atoms with E-state index in [9.17, 15) is 9.18 Å². The quantitative estimate of drug-likeness (QED) is 0.799. The zero-order valence-corrected chi connectivity index (χ0v) is 9.09. The molecule has 0 spiro atoms. The fraction of sp³-hybridized carbons (Fsp3) is 0.0833. The van der Waals surface area contributed by atoms with Crippen LogP contribution in [0.2, 0.25) is 0 Å². The van der Waals surface area contributed by atoms with E-state index in [0.29, 0.717) is 16.5 Å². The molecule has 0 aliphatic rings. The van der Waals surface area contributed by atoms with Gasteiger partial charge in [-0.25, -0.2) is 4.39 Å². The number of hydrogen-bond donors (Lipinski definition) is 1. The van der Waals surface area contributed by atoms with Gasteiger partial charge in [-0.05, 0) is 12.1 Å². The van der Waals surface area contributed by atoms with E-state index in [2.05, 4.69) is 5.32 Å². The van der Waals surface area contributed by atoms with Gasteiger partial charge in [-0.1, -0.05) is 24.3 Å². The molecular weight excluding hydrogens is 229 g/mol. The Labute approximate surface area is 97.0 Å². The summed E-state index contributed by atoms with van der Waals surface area (Å²) in [6, 6.07) is 9.81. The Morgan fingerprint density at radius 2 is 1.88 bits per heavy atom. The number of amides is 1. The van der Waals surface area contributed by atoms with Crippen molar-refractivity contribution in [2.45, 2.75) is 0 Å². The van der Waals surface area contributed by atoms with Crippen molar-refractivity contribution in [1.29, 1.82) is 0 Å². The van der Waals surface area contributed by atoms with E-state index in [1.165, 1.54) is 12.1 Å². The van der Waals surface area contributed by atoms with Crippen LogP contribution in [-0.2, 0) is 4.79 Å². The van der Waals surface area contributed by atoms with Gasteiger partial charge in [0, 0.05) is 16.5 Å². The number of nitrogens with one attached hydrogen (secondary N) is 1. The van der Waals surface area contributed by atoms with Crippen LogP contribution >= 0.6 is 11.6 Å². The second-order valence-corrected chi connectivity index (χ2v) is 3.59. The van der Waals surface area contributed by atoms with Gasteiger partial charge in [0.05, 0.1) is 0 Å². The summed E-state index contributed by atoms with van der Waals surface area (Å²) in [5.41, 5.74) is 0.572. The van der Waals surface area contributed by atoms with Crippen LogP contribution in [0.3, 0.4) is 0 Å². The lowest BCUT2D eigenvalue weighted by atomic mass is 10.1. The molecule has 82 valence electrons. The number of benzene rings is 2. The van der Waals surface area contributed by atoms with Crippen LogP contribution in [0, 0.1) is 5.82 Å². The number of carbonyl (C=O) groups excluding carboxylic acids is 1. The normalized spacial score (nSPS) is 10.4. The Morgan fingerprint density at radius 3 is 2.56 bits per heavy atom. The van der Waals surface area contributed by atoms with E-state index in [-0.39, 0.29) is 17.6 Å². The SMILES string of the molecule is O=C(CCl)Nc1ccc(F)c2ccccc12. The molecule has 2 aromatic rings. The summed E-state index contributed by atoms with van der Waals surface area (Å²) in [7, 11) is 0. The lowest BCUT2D eigenvalue weighted by Gasteiger charge is -2.07. The molecule has 2 nitrogen and oxygen atoms in total. The molecule has 1 N–H and O–H groups in total. The van der Waals surface area contributed by atoms with Crippen LogP contribution in [0.4, 0.5) is 10.1 Å². The fourth-order valence-electron chi connectivity index (χ4n) is 1.55. The number of alkyl halides is 1. The van der Waals surface area contributed by atoms with E-state index in [0.717, 1.165) is 0 Å². The van der Waals surface area contributed by atoms with Crippen LogP contribution in [0.5, 0.6) is 0 Å². The first-order valence-electron chi connectivity index (χ1n) is 4.75. The predicted octanol–water partition coefficient (Wildman–Crippen LogP) is 3.16. The van der Waals surface area contributed by atoms with E-state index < -0.39 is 0 Å². The van der Waals surface area contributed by atoms with Gasteiger partial charge >= 0.3 is 0 Å². The van der Waals surface area contributed by atoms with Crippen LogP contribution in [-0.4, -0.2) is 11.8 Å². The zero-order valence-electron chi connectivity index (χ0n) is 8.34. The minimum absolute atomic E-state index is 0.119. The average Bonchev–Trinajstić information content (AvgIpc) is 2.33. The number of rotatable bonds is 2. The highest BCUT2D eigenvalue weighted by atomic mass is 35.5. The number of fused-ring (bicyclic) bond motifs is 1. The van der Waals surface area contributed by atoms with Crippen LogP contribution < -0.4 is 5.32 Å². The Balaban J connectivity index is 2.54. The summed E-state index contributed by atoms with van der Waals surface area (Å²) in [5, 5.41) is 3.77. The first kappa shape index (κ1) is 10.9. The lowest BCUT2D eigenvalue weighted by Crippen LogP contribution is -2.12. The van der Waals surface area contributed by atoms with Gasteiger partial charge in [0.25, 0.3) is 0 Å². The molecule has 0 atom stereocenters. The molecule has 0 aromatic heterocycles. The van der Waals surface area contributed by atoms with Gasteiger partial charge in [0.15, 0.2) is 0 Å². The molecule has 0 aliphatic carbocycles. The highest BCUT2D eigenvalue weighted by molar-refractivity contribution is 6.29. The Morgan fingerprint density at radius 1 is 1.19 bits per heavy atom. The molecule has 4 heteroatoms. The summed E-state index contributed by atoms with van der Waals surface area (Å²) in [4.78, 5) is 11.2. The molecule has 0 fully saturated rings. The summed E-state index contributed by atoms with van der Waals surface area (Å²) < 4.78 is 13.4. The van der Waals surface area contributed by atoms with Crippen molar-refractivity contribution in [2.24, 2.45) is 0 Å². The largest absolute Gasteiger partial charge is 0.324 e. The van der Waals surface area contributed by atoms with Crippen LogP contribution in [0.15, 0.2) is 36.4 Å². The minimum Gasteiger partial charge on any atom is -0.324 e. The molecule has 0 unspecified atom stereocenters. The van der Waals surface area contributed by atoms with Gasteiger partial charge in [-0.15, -0.1) is 11.6 Å². The van der Waals surface area contributed by atoms with Crippen molar-refractivity contribution in [3.05, 3.63) is 42.2 Å². The highest BCUT2D eigenvalue weighted by Gasteiger charge is 2.07. The summed E-state index contributed by atoms with van der Waals surface area (Å²) in [6.45, 7) is 0. The Bertz CT molecular complexity index is 542. The maximum absolute atomic E-state index is 13.4. The smallest absolute Gasteiger partial charge is 0.239 e. The van der Waals surface area contributed by atoms with E-state index in [1.807, 2.05) is 0 Å². The lowest BCUT2D eigenvalue weighted by molar-refractivity contribution is -0.113. The molecule has 16 heavy (non-hydrogen) atoms. The molecule has 0 bridgehead atoms. The van der Waals surface area contributed by atoms with E-state index >= 15 is 0 Å². The first-order chi connectivity index (χ1) is 7.72. The monoisotopic (exact) mass is 237 g/mol. The second-order valence-electron chi connectivity index (χ2n) is 3.32. The second kappa shape index (κ2) is 4.49. The predicted molar refractivity (Wildman–Crippen MR) is 63.3 cm³/mol. The van der Waals surface area contributed by atoms with Crippen LogP contribution in [0.25, 0.3) is 10.8 Å². The number of hydrogen-bond acceptors (Lipinski definition) is 1. The van der Waals surface area contributed by atoms with Crippen molar-refractivity contribution >= 4 is 34.0 Å². The van der Waals surface area contributed by atoms with E-state index in [4.69, 9.17) is 11.6 Å².